The maximum atomic E-state index is 11.6. The number of aliphatic hydroxyl groups excluding tert-OH is 1. The molecular formula is C22H22N4O3. The van der Waals surface area contributed by atoms with Crippen LogP contribution in [0.5, 0.6) is 0 Å². The van der Waals surface area contributed by atoms with Gasteiger partial charge in [-0.15, -0.1) is 0 Å². The lowest BCUT2D eigenvalue weighted by atomic mass is 9.93. The first-order chi connectivity index (χ1) is 14.0. The molecule has 1 fully saturated rings. The highest BCUT2D eigenvalue weighted by Gasteiger charge is 2.21. The summed E-state index contributed by atoms with van der Waals surface area (Å²) in [6.07, 6.45) is 2.96. The van der Waals surface area contributed by atoms with Gasteiger partial charge >= 0.3 is 5.97 Å². The maximum Gasteiger partial charge on any atom is 0.336 e. The van der Waals surface area contributed by atoms with Gasteiger partial charge in [-0.05, 0) is 62.9 Å². The van der Waals surface area contributed by atoms with Crippen molar-refractivity contribution in [3.8, 4) is 11.8 Å². The summed E-state index contributed by atoms with van der Waals surface area (Å²) in [6.45, 7) is 1.79. The molecule has 1 saturated carbocycles. The highest BCUT2D eigenvalue weighted by Crippen LogP contribution is 2.29. The van der Waals surface area contributed by atoms with Crippen molar-refractivity contribution in [3.05, 3.63) is 53.2 Å². The lowest BCUT2D eigenvalue weighted by Gasteiger charge is -2.27. The molecule has 4 rings (SSSR count). The van der Waals surface area contributed by atoms with Crippen LogP contribution in [0, 0.1) is 18.3 Å². The highest BCUT2D eigenvalue weighted by atomic mass is 16.4. The zero-order valence-corrected chi connectivity index (χ0v) is 16.1. The standard InChI is InChI=1S/C22H22N4O3/c1-13-21-18(22(28)29)3-2-4-20(21)26(25-13)16-8-5-14(12-23)19(11-16)24-15-6-9-17(27)10-7-15/h2-5,8,11,15,17,24,27H,6-7,9-10H2,1H3,(H,28,29)/t15-,17-. The van der Waals surface area contributed by atoms with Crippen LogP contribution in [-0.4, -0.2) is 38.1 Å². The molecule has 1 aromatic heterocycles. The predicted octanol–water partition coefficient (Wildman–Crippen LogP) is 3.62. The largest absolute Gasteiger partial charge is 0.478 e. The van der Waals surface area contributed by atoms with E-state index in [2.05, 4.69) is 16.5 Å². The smallest absolute Gasteiger partial charge is 0.336 e. The summed E-state index contributed by atoms with van der Waals surface area (Å²) in [4.78, 5) is 11.6. The number of aromatic carboxylic acids is 1. The summed E-state index contributed by atoms with van der Waals surface area (Å²) in [7, 11) is 0. The van der Waals surface area contributed by atoms with Crippen molar-refractivity contribution in [1.82, 2.24) is 9.78 Å². The topological polar surface area (TPSA) is 111 Å². The SMILES string of the molecule is Cc1nn(-c2ccc(C#N)c(N[C@H]3CC[C@H](O)CC3)c2)c2cccc(C(=O)O)c12. The first kappa shape index (κ1) is 19.0. The molecular weight excluding hydrogens is 368 g/mol. The second-order valence-corrected chi connectivity index (χ2v) is 7.49. The monoisotopic (exact) mass is 390 g/mol. The zero-order chi connectivity index (χ0) is 20.5. The fourth-order valence-electron chi connectivity index (χ4n) is 4.05. The van der Waals surface area contributed by atoms with Crippen molar-refractivity contribution in [2.24, 2.45) is 0 Å². The van der Waals surface area contributed by atoms with E-state index in [0.29, 0.717) is 22.2 Å². The molecule has 7 nitrogen and oxygen atoms in total. The average Bonchev–Trinajstić information content (AvgIpc) is 3.06. The van der Waals surface area contributed by atoms with E-state index in [1.807, 2.05) is 18.2 Å². The Hall–Kier alpha value is -3.37. The number of rotatable bonds is 4. The van der Waals surface area contributed by atoms with Crippen LogP contribution in [0.15, 0.2) is 36.4 Å². The third kappa shape index (κ3) is 3.55. The minimum absolute atomic E-state index is 0.204. The Kier molecular flexibility index (Phi) is 4.95. The lowest BCUT2D eigenvalue weighted by molar-refractivity contribution is 0.0699. The number of nitrogens with zero attached hydrogens (tertiary/aromatic N) is 3. The van der Waals surface area contributed by atoms with E-state index in [9.17, 15) is 20.3 Å². The Labute approximate surface area is 168 Å². The van der Waals surface area contributed by atoms with Gasteiger partial charge in [0, 0.05) is 11.4 Å². The Bertz CT molecular complexity index is 1120. The number of fused-ring (bicyclic) bond motifs is 1. The number of hydrogen-bond acceptors (Lipinski definition) is 5. The number of carbonyl (C=O) groups is 1. The molecule has 7 heteroatoms. The van der Waals surface area contributed by atoms with Gasteiger partial charge in [0.15, 0.2) is 0 Å². The second-order valence-electron chi connectivity index (χ2n) is 7.49. The summed E-state index contributed by atoms with van der Waals surface area (Å²) in [5, 5.41) is 37.3. The van der Waals surface area contributed by atoms with Crippen molar-refractivity contribution in [1.29, 1.82) is 5.26 Å². The Morgan fingerprint density at radius 1 is 1.24 bits per heavy atom. The number of benzene rings is 2. The minimum atomic E-state index is -0.986. The van der Waals surface area contributed by atoms with E-state index in [4.69, 9.17) is 0 Å². The van der Waals surface area contributed by atoms with Gasteiger partial charge in [0.25, 0.3) is 0 Å². The molecule has 3 N–H and O–H groups in total. The quantitative estimate of drug-likeness (QED) is 0.627. The van der Waals surface area contributed by atoms with Gasteiger partial charge in [0.2, 0.25) is 0 Å². The van der Waals surface area contributed by atoms with Crippen LogP contribution in [-0.2, 0) is 0 Å². The van der Waals surface area contributed by atoms with Gasteiger partial charge in [-0.2, -0.15) is 10.4 Å². The fourth-order valence-corrected chi connectivity index (χ4v) is 4.05. The normalized spacial score (nSPS) is 19.1. The highest BCUT2D eigenvalue weighted by molar-refractivity contribution is 6.04. The third-order valence-electron chi connectivity index (χ3n) is 5.54. The molecule has 3 aromatic rings. The minimum Gasteiger partial charge on any atom is -0.478 e. The van der Waals surface area contributed by atoms with Crippen LogP contribution in [0.4, 0.5) is 5.69 Å². The van der Waals surface area contributed by atoms with Gasteiger partial charge in [-0.1, -0.05) is 6.07 Å². The summed E-state index contributed by atoms with van der Waals surface area (Å²) < 4.78 is 1.72. The molecule has 1 aliphatic carbocycles. The van der Waals surface area contributed by atoms with Crippen LogP contribution >= 0.6 is 0 Å². The number of aliphatic hydroxyl groups is 1. The molecule has 0 bridgehead atoms. The van der Waals surface area contributed by atoms with Gasteiger partial charge < -0.3 is 15.5 Å². The summed E-state index contributed by atoms with van der Waals surface area (Å²) in [5.74, 6) is -0.986. The number of nitrogens with one attached hydrogen (secondary N) is 1. The second kappa shape index (κ2) is 7.57. The lowest BCUT2D eigenvalue weighted by Crippen LogP contribution is -2.28. The van der Waals surface area contributed by atoms with Gasteiger partial charge in [-0.25, -0.2) is 9.48 Å². The van der Waals surface area contributed by atoms with Gasteiger partial charge in [-0.3, -0.25) is 0 Å². The summed E-state index contributed by atoms with van der Waals surface area (Å²) in [5.41, 5.74) is 3.58. The van der Waals surface area contributed by atoms with Crippen molar-refractivity contribution in [2.75, 3.05) is 5.32 Å². The van der Waals surface area contributed by atoms with E-state index >= 15 is 0 Å². The predicted molar refractivity (Wildman–Crippen MR) is 109 cm³/mol. The van der Waals surface area contributed by atoms with E-state index in [-0.39, 0.29) is 17.7 Å². The fraction of sp³-hybridized carbons (Fsp3) is 0.318. The number of aryl methyl sites for hydroxylation is 1. The molecule has 0 atom stereocenters. The maximum absolute atomic E-state index is 11.6. The first-order valence-corrected chi connectivity index (χ1v) is 9.68. The summed E-state index contributed by atoms with van der Waals surface area (Å²) in [6, 6.07) is 13.0. The van der Waals surface area contributed by atoms with Crippen molar-refractivity contribution in [3.63, 3.8) is 0 Å². The Balaban J connectivity index is 1.76. The third-order valence-corrected chi connectivity index (χ3v) is 5.54. The van der Waals surface area contributed by atoms with Gasteiger partial charge in [0.1, 0.15) is 6.07 Å². The average molecular weight is 390 g/mol. The van der Waals surface area contributed by atoms with E-state index < -0.39 is 5.97 Å². The number of aromatic nitrogens is 2. The number of hydrogen-bond donors (Lipinski definition) is 3. The molecule has 0 unspecified atom stereocenters. The summed E-state index contributed by atoms with van der Waals surface area (Å²) >= 11 is 0. The van der Waals surface area contributed by atoms with E-state index in [1.165, 1.54) is 0 Å². The number of nitriles is 1. The van der Waals surface area contributed by atoms with E-state index in [1.54, 1.807) is 29.8 Å². The van der Waals surface area contributed by atoms with Crippen LogP contribution in [0.25, 0.3) is 16.6 Å². The van der Waals surface area contributed by atoms with Crippen LogP contribution < -0.4 is 5.32 Å². The van der Waals surface area contributed by atoms with Crippen LogP contribution in [0.1, 0.15) is 47.3 Å². The Morgan fingerprint density at radius 3 is 2.69 bits per heavy atom. The zero-order valence-electron chi connectivity index (χ0n) is 16.1. The Morgan fingerprint density at radius 2 is 2.00 bits per heavy atom. The molecule has 1 heterocycles. The van der Waals surface area contributed by atoms with Crippen molar-refractivity contribution in [2.45, 2.75) is 44.8 Å². The molecule has 0 spiro atoms. The van der Waals surface area contributed by atoms with Crippen molar-refractivity contribution >= 4 is 22.6 Å². The molecule has 0 radical (unpaired) electrons. The number of carboxylic acid groups (broad SMARTS) is 1. The molecule has 1 aliphatic rings. The first-order valence-electron chi connectivity index (χ1n) is 9.68. The molecule has 29 heavy (non-hydrogen) atoms. The number of carboxylic acids is 1. The van der Waals surface area contributed by atoms with Crippen LogP contribution in [0.3, 0.4) is 0 Å². The molecule has 2 aromatic carbocycles. The van der Waals surface area contributed by atoms with E-state index in [0.717, 1.165) is 37.1 Å². The number of anilines is 1. The molecule has 0 saturated heterocycles. The molecule has 148 valence electrons. The molecule has 0 amide bonds. The van der Waals surface area contributed by atoms with Crippen LogP contribution in [0.2, 0.25) is 0 Å². The molecule has 0 aliphatic heterocycles. The van der Waals surface area contributed by atoms with Gasteiger partial charge in [0.05, 0.1) is 39.8 Å². The van der Waals surface area contributed by atoms with Crippen molar-refractivity contribution < 1.29 is 15.0 Å².